The summed E-state index contributed by atoms with van der Waals surface area (Å²) < 4.78 is 0. The largest absolute Gasteiger partial charge is 0.0622 e. The Morgan fingerprint density at radius 1 is 0.157 bits per heavy atom. The fourth-order valence-electron chi connectivity index (χ4n) is 13.2. The molecule has 320 valence electrons. The van der Waals surface area contributed by atoms with Crippen LogP contribution in [0.15, 0.2) is 243 Å². The molecule has 16 aromatic rings. The lowest BCUT2D eigenvalue weighted by molar-refractivity contribution is 1.60. The highest BCUT2D eigenvalue weighted by atomic mass is 14.3. The lowest BCUT2D eigenvalue weighted by atomic mass is 9.80. The summed E-state index contributed by atoms with van der Waals surface area (Å²) in [5.41, 5.74) is 12.5. The summed E-state index contributed by atoms with van der Waals surface area (Å²) in [6, 6.07) is 91.3. The van der Waals surface area contributed by atoms with Crippen LogP contribution >= 0.6 is 0 Å². The standard InChI is InChI=1S/C70H40/c1-4-18-41(19-5-1)45-26-10-12-28-48(45)49-37-39-58-63-52(49)32-17-34-55(63)66-65-54-33-15-25-44-24-14-30-53(61(44)54)59(65)40-60-64(51-29-13-11-27-46(51)42-20-6-2-7-21-42)67-57-38-36-47(43-22-8-3-9-23-43)50-31-16-35-56(62(50)57)68(67)69(58)70(60)66/h1-40H. The van der Waals surface area contributed by atoms with E-state index in [1.54, 1.807) is 0 Å². The second-order valence-corrected chi connectivity index (χ2v) is 19.3. The normalized spacial score (nSPS) is 12.3. The van der Waals surface area contributed by atoms with Gasteiger partial charge in [-0.05, 0) is 169 Å². The van der Waals surface area contributed by atoms with Crippen LogP contribution in [0.5, 0.6) is 0 Å². The molecule has 0 saturated heterocycles. The summed E-state index contributed by atoms with van der Waals surface area (Å²) in [4.78, 5) is 0. The van der Waals surface area contributed by atoms with Crippen LogP contribution in [0.3, 0.4) is 0 Å². The maximum absolute atomic E-state index is 2.60. The lowest BCUT2D eigenvalue weighted by Gasteiger charge is -2.22. The summed E-state index contributed by atoms with van der Waals surface area (Å²) in [6.07, 6.45) is 0. The molecule has 0 aromatic heterocycles. The highest BCUT2D eigenvalue weighted by Crippen LogP contribution is 2.58. The first-order chi connectivity index (χ1) is 34.8. The Kier molecular flexibility index (Phi) is 7.70. The van der Waals surface area contributed by atoms with Gasteiger partial charge in [-0.25, -0.2) is 0 Å². The minimum absolute atomic E-state index is 1.22. The van der Waals surface area contributed by atoms with Crippen molar-refractivity contribution in [3.8, 4) is 55.6 Å². The maximum Gasteiger partial charge on any atom is -0.000673 e. The van der Waals surface area contributed by atoms with E-state index in [4.69, 9.17) is 0 Å². The van der Waals surface area contributed by atoms with Crippen molar-refractivity contribution in [2.75, 3.05) is 0 Å². The predicted molar refractivity (Wildman–Crippen MR) is 302 cm³/mol. The van der Waals surface area contributed by atoms with Crippen molar-refractivity contribution in [2.24, 2.45) is 0 Å². The molecule has 0 amide bonds. The number of hydrogen-bond acceptors (Lipinski definition) is 0. The van der Waals surface area contributed by atoms with Gasteiger partial charge in [-0.2, -0.15) is 0 Å². The Morgan fingerprint density at radius 2 is 0.557 bits per heavy atom. The van der Waals surface area contributed by atoms with Crippen LogP contribution in [0.1, 0.15) is 0 Å². The predicted octanol–water partition coefficient (Wildman–Crippen LogP) is 19.9. The maximum atomic E-state index is 2.60. The third kappa shape index (κ3) is 4.99. The van der Waals surface area contributed by atoms with Crippen LogP contribution in [0.2, 0.25) is 0 Å². The number of benzene rings is 14. The molecule has 0 N–H and O–H groups in total. The molecular formula is C70H40. The minimum atomic E-state index is 1.22. The highest BCUT2D eigenvalue weighted by Gasteiger charge is 2.29. The molecule has 16 aromatic carbocycles. The third-order valence-corrected chi connectivity index (χ3v) is 15.9. The van der Waals surface area contributed by atoms with E-state index in [1.165, 1.54) is 163 Å². The molecular weight excluding hydrogens is 841 g/mol. The summed E-state index contributed by atoms with van der Waals surface area (Å²) in [5, 5.41) is 26.3. The van der Waals surface area contributed by atoms with Crippen molar-refractivity contribution in [3.63, 3.8) is 0 Å². The molecule has 0 unspecified atom stereocenters. The molecule has 0 spiro atoms. The molecule has 70 heavy (non-hydrogen) atoms. The minimum Gasteiger partial charge on any atom is -0.0622 e. The van der Waals surface area contributed by atoms with Gasteiger partial charge in [-0.3, -0.25) is 0 Å². The fourth-order valence-corrected chi connectivity index (χ4v) is 13.2. The van der Waals surface area contributed by atoms with Crippen LogP contribution in [-0.2, 0) is 0 Å². The van der Waals surface area contributed by atoms with E-state index in [-0.39, 0.29) is 0 Å². The molecule has 0 aliphatic heterocycles. The van der Waals surface area contributed by atoms with Gasteiger partial charge < -0.3 is 0 Å². The summed E-state index contributed by atoms with van der Waals surface area (Å²) in [5.74, 6) is 0. The zero-order valence-electron chi connectivity index (χ0n) is 38.1. The Morgan fingerprint density at radius 3 is 1.19 bits per heavy atom. The van der Waals surface area contributed by atoms with Crippen molar-refractivity contribution in [3.05, 3.63) is 243 Å². The monoisotopic (exact) mass is 880 g/mol. The van der Waals surface area contributed by atoms with Crippen LogP contribution in [0, 0.1) is 0 Å². The molecule has 0 aliphatic rings. The van der Waals surface area contributed by atoms with E-state index >= 15 is 0 Å². The van der Waals surface area contributed by atoms with E-state index in [2.05, 4.69) is 243 Å². The van der Waals surface area contributed by atoms with Gasteiger partial charge in [0, 0.05) is 0 Å². The van der Waals surface area contributed by atoms with Gasteiger partial charge in [0.05, 0.1) is 0 Å². The SMILES string of the molecule is c1ccc(-c2ccccc2-c2ccc3c4c2cccc4c2c4c(cc5c(-c6ccccc6-c6ccccc6)c6c7ccc(-c8ccccc8)c8cccc(c87)c6c3c52)c2cccc3cccc4c32)cc1. The van der Waals surface area contributed by atoms with Gasteiger partial charge in [0.1, 0.15) is 0 Å². The van der Waals surface area contributed by atoms with Crippen LogP contribution < -0.4 is 0 Å². The quantitative estimate of drug-likeness (QED) is 0.119. The van der Waals surface area contributed by atoms with E-state index in [1.807, 2.05) is 0 Å². The summed E-state index contributed by atoms with van der Waals surface area (Å²) in [7, 11) is 0. The average molecular weight is 881 g/mol. The Labute approximate surface area is 403 Å². The van der Waals surface area contributed by atoms with Crippen molar-refractivity contribution in [1.82, 2.24) is 0 Å². The first kappa shape index (κ1) is 37.9. The molecule has 0 bridgehead atoms. The first-order valence-corrected chi connectivity index (χ1v) is 24.5. The van der Waals surface area contributed by atoms with Crippen LogP contribution in [0.4, 0.5) is 0 Å². The van der Waals surface area contributed by atoms with Crippen molar-refractivity contribution >= 4 is 108 Å². The van der Waals surface area contributed by atoms with Gasteiger partial charge in [-0.15, -0.1) is 0 Å². The molecule has 0 fully saturated rings. The second-order valence-electron chi connectivity index (χ2n) is 19.3. The van der Waals surface area contributed by atoms with Gasteiger partial charge in [0.15, 0.2) is 0 Å². The van der Waals surface area contributed by atoms with Gasteiger partial charge in [-0.1, -0.05) is 237 Å². The zero-order valence-corrected chi connectivity index (χ0v) is 38.1. The fraction of sp³-hybridized carbons (Fsp3) is 0. The Bertz CT molecular complexity index is 4770. The van der Waals surface area contributed by atoms with Crippen LogP contribution in [0.25, 0.3) is 163 Å². The number of rotatable bonds is 5. The van der Waals surface area contributed by atoms with Gasteiger partial charge >= 0.3 is 0 Å². The van der Waals surface area contributed by atoms with E-state index in [9.17, 15) is 0 Å². The molecule has 0 aliphatic carbocycles. The van der Waals surface area contributed by atoms with Crippen LogP contribution in [-0.4, -0.2) is 0 Å². The third-order valence-electron chi connectivity index (χ3n) is 15.9. The molecule has 0 atom stereocenters. The smallest absolute Gasteiger partial charge is 0.000673 e. The van der Waals surface area contributed by atoms with E-state index in [0.29, 0.717) is 0 Å². The van der Waals surface area contributed by atoms with Crippen molar-refractivity contribution in [2.45, 2.75) is 0 Å². The molecule has 0 nitrogen and oxygen atoms in total. The average Bonchev–Trinajstić information content (AvgIpc) is 3.94. The van der Waals surface area contributed by atoms with E-state index in [0.717, 1.165) is 0 Å². The van der Waals surface area contributed by atoms with Crippen molar-refractivity contribution in [1.29, 1.82) is 0 Å². The zero-order chi connectivity index (χ0) is 45.6. The molecule has 16 rings (SSSR count). The Hall–Kier alpha value is -9.10. The topological polar surface area (TPSA) is 0 Å². The number of fused-ring (bicyclic) bond motifs is 10. The molecule has 0 heterocycles. The molecule has 0 heteroatoms. The Balaban J connectivity index is 1.20. The van der Waals surface area contributed by atoms with Crippen molar-refractivity contribution < 1.29 is 0 Å². The molecule has 0 saturated carbocycles. The first-order valence-electron chi connectivity index (χ1n) is 24.5. The van der Waals surface area contributed by atoms with E-state index < -0.39 is 0 Å². The van der Waals surface area contributed by atoms with Gasteiger partial charge in [0.2, 0.25) is 0 Å². The second kappa shape index (κ2) is 14.2. The summed E-state index contributed by atoms with van der Waals surface area (Å²) >= 11 is 0. The molecule has 0 radical (unpaired) electrons. The lowest BCUT2D eigenvalue weighted by Crippen LogP contribution is -1.94. The number of hydrogen-bond donors (Lipinski definition) is 0. The van der Waals surface area contributed by atoms with Gasteiger partial charge in [0.25, 0.3) is 0 Å². The summed E-state index contributed by atoms with van der Waals surface area (Å²) in [6.45, 7) is 0. The highest BCUT2D eigenvalue weighted by molar-refractivity contribution is 6.53.